The first kappa shape index (κ1) is 11.4. The van der Waals surface area contributed by atoms with Gasteiger partial charge in [0.2, 0.25) is 0 Å². The monoisotopic (exact) mass is 252 g/mol. The number of aromatic carboxylic acids is 1. The molecule has 6 heteroatoms. The summed E-state index contributed by atoms with van der Waals surface area (Å²) in [7, 11) is 3.65. The minimum absolute atomic E-state index is 0. The number of carboxylic acids is 1. The fraction of sp³-hybridized carbons (Fsp3) is 0.333. The first-order valence-electron chi connectivity index (χ1n) is 2.97. The summed E-state index contributed by atoms with van der Waals surface area (Å²) in [5.41, 5.74) is 0.110. The van der Waals surface area contributed by atoms with Crippen LogP contribution in [0.15, 0.2) is 5.38 Å². The number of rotatable bonds is 2. The van der Waals surface area contributed by atoms with Gasteiger partial charge in [-0.05, 0) is 0 Å². The lowest BCUT2D eigenvalue weighted by atomic mass is 10.5. The molecule has 1 N–H and O–H groups in total. The first-order valence-corrected chi connectivity index (χ1v) is 3.85. The highest BCUT2D eigenvalue weighted by atomic mass is 79.9. The molecular weight excluding hydrogens is 244 g/mol. The third-order valence-electron chi connectivity index (χ3n) is 1.09. The van der Waals surface area contributed by atoms with Crippen molar-refractivity contribution in [3.8, 4) is 0 Å². The number of carbonyl (C=O) groups is 1. The maximum atomic E-state index is 10.4. The van der Waals surface area contributed by atoms with Gasteiger partial charge in [0.25, 0.3) is 0 Å². The van der Waals surface area contributed by atoms with Gasteiger partial charge in [0, 0.05) is 19.5 Å². The average Bonchev–Trinajstić information content (AvgIpc) is 2.33. The van der Waals surface area contributed by atoms with Gasteiger partial charge in [-0.25, -0.2) is 9.78 Å². The third-order valence-corrected chi connectivity index (χ3v) is 2.10. The molecule has 0 amide bonds. The molecular formula is C6H9BrN2O2S. The number of halogens is 1. The Morgan fingerprint density at radius 1 is 1.67 bits per heavy atom. The van der Waals surface area contributed by atoms with Gasteiger partial charge in [-0.3, -0.25) is 0 Å². The molecule has 4 nitrogen and oxygen atoms in total. The van der Waals surface area contributed by atoms with Crippen LogP contribution in [0.2, 0.25) is 0 Å². The normalized spacial score (nSPS) is 8.83. The molecule has 0 bridgehead atoms. The molecule has 68 valence electrons. The van der Waals surface area contributed by atoms with E-state index in [1.807, 2.05) is 14.1 Å². The zero-order valence-corrected chi connectivity index (χ0v) is 9.17. The number of anilines is 1. The highest BCUT2D eigenvalue weighted by molar-refractivity contribution is 8.93. The molecule has 12 heavy (non-hydrogen) atoms. The van der Waals surface area contributed by atoms with Crippen molar-refractivity contribution >= 4 is 39.4 Å². The van der Waals surface area contributed by atoms with E-state index in [-0.39, 0.29) is 22.7 Å². The van der Waals surface area contributed by atoms with E-state index in [9.17, 15) is 4.79 Å². The molecule has 0 aromatic carbocycles. The topological polar surface area (TPSA) is 53.4 Å². The molecule has 1 heterocycles. The number of hydrogen-bond acceptors (Lipinski definition) is 4. The summed E-state index contributed by atoms with van der Waals surface area (Å²) >= 11 is 1.32. The maximum Gasteiger partial charge on any atom is 0.355 e. The Balaban J connectivity index is 0.00000121. The maximum absolute atomic E-state index is 10.4. The Labute approximate surface area is 84.6 Å². The van der Waals surface area contributed by atoms with Crippen molar-refractivity contribution in [1.29, 1.82) is 0 Å². The molecule has 0 spiro atoms. The van der Waals surface area contributed by atoms with Crippen molar-refractivity contribution in [3.05, 3.63) is 11.1 Å². The zero-order valence-electron chi connectivity index (χ0n) is 6.64. The van der Waals surface area contributed by atoms with Gasteiger partial charge >= 0.3 is 5.97 Å². The van der Waals surface area contributed by atoms with Gasteiger partial charge in [0.05, 0.1) is 0 Å². The van der Waals surface area contributed by atoms with Crippen LogP contribution < -0.4 is 4.90 Å². The second kappa shape index (κ2) is 4.42. The van der Waals surface area contributed by atoms with E-state index in [4.69, 9.17) is 5.11 Å². The van der Waals surface area contributed by atoms with E-state index in [0.717, 1.165) is 0 Å². The van der Waals surface area contributed by atoms with Crippen molar-refractivity contribution in [2.45, 2.75) is 0 Å². The van der Waals surface area contributed by atoms with Crippen LogP contribution >= 0.6 is 28.3 Å². The second-order valence-electron chi connectivity index (χ2n) is 2.21. The lowest BCUT2D eigenvalue weighted by Crippen LogP contribution is -2.08. The van der Waals surface area contributed by atoms with Gasteiger partial charge in [-0.15, -0.1) is 28.3 Å². The van der Waals surface area contributed by atoms with E-state index in [2.05, 4.69) is 4.98 Å². The fourth-order valence-electron chi connectivity index (χ4n) is 0.568. The summed E-state index contributed by atoms with van der Waals surface area (Å²) < 4.78 is 0. The third kappa shape index (κ3) is 2.46. The van der Waals surface area contributed by atoms with Crippen molar-refractivity contribution < 1.29 is 9.90 Å². The summed E-state index contributed by atoms with van der Waals surface area (Å²) in [5.74, 6) is -0.977. The smallest absolute Gasteiger partial charge is 0.355 e. The molecule has 0 atom stereocenters. The summed E-state index contributed by atoms with van der Waals surface area (Å²) in [6.45, 7) is 0. The van der Waals surface area contributed by atoms with E-state index in [1.54, 1.807) is 4.90 Å². The Bertz CT molecular complexity index is 274. The summed E-state index contributed by atoms with van der Waals surface area (Å²) in [6.07, 6.45) is 0. The van der Waals surface area contributed by atoms with Crippen LogP contribution in [0.5, 0.6) is 0 Å². The van der Waals surface area contributed by atoms with Crippen molar-refractivity contribution in [1.82, 2.24) is 4.98 Å². The second-order valence-corrected chi connectivity index (χ2v) is 3.05. The predicted molar refractivity (Wildman–Crippen MR) is 53.7 cm³/mol. The van der Waals surface area contributed by atoms with Gasteiger partial charge in [0.1, 0.15) is 0 Å². The molecule has 0 aliphatic carbocycles. The lowest BCUT2D eigenvalue weighted by Gasteiger charge is -2.04. The van der Waals surface area contributed by atoms with E-state index in [0.29, 0.717) is 5.13 Å². The van der Waals surface area contributed by atoms with Crippen molar-refractivity contribution in [2.24, 2.45) is 0 Å². The molecule has 1 aromatic heterocycles. The summed E-state index contributed by atoms with van der Waals surface area (Å²) in [4.78, 5) is 16.0. The number of carboxylic acid groups (broad SMARTS) is 1. The molecule has 0 aliphatic rings. The van der Waals surface area contributed by atoms with E-state index in [1.165, 1.54) is 16.7 Å². The van der Waals surface area contributed by atoms with Gasteiger partial charge in [-0.1, -0.05) is 0 Å². The van der Waals surface area contributed by atoms with Crippen molar-refractivity contribution in [2.75, 3.05) is 19.0 Å². The zero-order chi connectivity index (χ0) is 8.43. The lowest BCUT2D eigenvalue weighted by molar-refractivity contribution is 0.0691. The van der Waals surface area contributed by atoms with Crippen LogP contribution in [0.1, 0.15) is 10.5 Å². The molecule has 1 aromatic rings. The fourth-order valence-corrected chi connectivity index (χ4v) is 1.30. The van der Waals surface area contributed by atoms with Gasteiger partial charge < -0.3 is 10.0 Å². The molecule has 0 saturated carbocycles. The quantitative estimate of drug-likeness (QED) is 0.867. The molecule has 0 saturated heterocycles. The first-order chi connectivity index (χ1) is 5.11. The van der Waals surface area contributed by atoms with Crippen LogP contribution in [-0.4, -0.2) is 30.2 Å². The molecule has 0 unspecified atom stereocenters. The predicted octanol–water partition coefficient (Wildman–Crippen LogP) is 1.49. The van der Waals surface area contributed by atoms with Gasteiger partial charge in [0.15, 0.2) is 10.8 Å². The minimum atomic E-state index is -0.977. The van der Waals surface area contributed by atoms with Crippen LogP contribution in [0, 0.1) is 0 Å². The Kier molecular flexibility index (Phi) is 4.19. The number of aromatic nitrogens is 1. The molecule has 1 rings (SSSR count). The van der Waals surface area contributed by atoms with E-state index >= 15 is 0 Å². The van der Waals surface area contributed by atoms with Crippen LogP contribution in [0.3, 0.4) is 0 Å². The summed E-state index contributed by atoms with van der Waals surface area (Å²) in [6, 6.07) is 0. The van der Waals surface area contributed by atoms with Crippen molar-refractivity contribution in [3.63, 3.8) is 0 Å². The van der Waals surface area contributed by atoms with E-state index < -0.39 is 5.97 Å². The van der Waals surface area contributed by atoms with Crippen LogP contribution in [0.25, 0.3) is 0 Å². The largest absolute Gasteiger partial charge is 0.476 e. The molecule has 0 aliphatic heterocycles. The number of nitrogens with zero attached hydrogens (tertiary/aromatic N) is 2. The Hall–Kier alpha value is -0.620. The molecule has 0 fully saturated rings. The Morgan fingerprint density at radius 2 is 2.25 bits per heavy atom. The van der Waals surface area contributed by atoms with Crippen LogP contribution in [-0.2, 0) is 0 Å². The average molecular weight is 253 g/mol. The van der Waals surface area contributed by atoms with Gasteiger partial charge in [-0.2, -0.15) is 0 Å². The summed E-state index contributed by atoms with van der Waals surface area (Å²) in [5, 5.41) is 10.7. The van der Waals surface area contributed by atoms with Crippen LogP contribution in [0.4, 0.5) is 5.13 Å². The minimum Gasteiger partial charge on any atom is -0.476 e. The highest BCUT2D eigenvalue weighted by Crippen LogP contribution is 2.17. The standard InChI is InChI=1S/C6H8N2O2S.BrH/c1-8(2)6-7-4(3-11-6)5(9)10;/h3H,1-2H3,(H,9,10);1H. The molecule has 0 radical (unpaired) electrons. The number of thiazole rings is 1. The Morgan fingerprint density at radius 3 is 2.50 bits per heavy atom. The highest BCUT2D eigenvalue weighted by Gasteiger charge is 2.08. The number of hydrogen-bond donors (Lipinski definition) is 1. The SMILES string of the molecule is Br.CN(C)c1nc(C(=O)O)cs1.